The van der Waals surface area contributed by atoms with Crippen LogP contribution in [0.4, 0.5) is 4.39 Å². The van der Waals surface area contributed by atoms with Crippen molar-refractivity contribution in [2.24, 2.45) is 0 Å². The number of phenolic OH excluding ortho intramolecular Hbond substituents is 1. The van der Waals surface area contributed by atoms with Crippen molar-refractivity contribution in [3.05, 3.63) is 65.0 Å². The Morgan fingerprint density at radius 3 is 2.54 bits per heavy atom. The molecule has 0 heterocycles. The maximum Gasteiger partial charge on any atom is 0.342 e. The van der Waals surface area contributed by atoms with E-state index in [1.165, 1.54) is 31.2 Å². The van der Waals surface area contributed by atoms with Crippen molar-refractivity contribution in [3.8, 4) is 5.75 Å². The average molecular weight is 331 g/mol. The number of esters is 1. The Morgan fingerprint density at radius 1 is 1.21 bits per heavy atom. The van der Waals surface area contributed by atoms with Crippen LogP contribution in [0.2, 0.25) is 0 Å². The Morgan fingerprint density at radius 2 is 1.88 bits per heavy atom. The highest BCUT2D eigenvalue weighted by molar-refractivity contribution is 5.94. The average Bonchev–Trinajstić information content (AvgIpc) is 2.56. The summed E-state index contributed by atoms with van der Waals surface area (Å²) in [6.45, 7) is 3.40. The van der Waals surface area contributed by atoms with E-state index in [1.807, 2.05) is 0 Å². The predicted octanol–water partition coefficient (Wildman–Crippen LogP) is 2.70. The van der Waals surface area contributed by atoms with Gasteiger partial charge in [-0.3, -0.25) is 4.79 Å². The van der Waals surface area contributed by atoms with Crippen molar-refractivity contribution >= 4 is 11.9 Å². The molecule has 0 aliphatic carbocycles. The van der Waals surface area contributed by atoms with Gasteiger partial charge in [-0.1, -0.05) is 23.8 Å². The first-order chi connectivity index (χ1) is 11.4. The van der Waals surface area contributed by atoms with Crippen molar-refractivity contribution < 1.29 is 23.8 Å². The molecular weight excluding hydrogens is 313 g/mol. The monoisotopic (exact) mass is 331 g/mol. The molecule has 126 valence electrons. The van der Waals surface area contributed by atoms with Crippen molar-refractivity contribution in [3.63, 3.8) is 0 Å². The summed E-state index contributed by atoms with van der Waals surface area (Å²) in [5.41, 5.74) is 1.51. The lowest BCUT2D eigenvalue weighted by Crippen LogP contribution is -2.35. The lowest BCUT2D eigenvalue weighted by Gasteiger charge is -2.14. The molecule has 0 saturated carbocycles. The van der Waals surface area contributed by atoms with Gasteiger partial charge in [-0.25, -0.2) is 9.18 Å². The minimum Gasteiger partial charge on any atom is -0.507 e. The standard InChI is InChI=1S/C18H18FNO4/c1-11-3-8-16(21)15(9-11)18(23)24-12(2)17(22)20-10-13-4-6-14(19)7-5-13/h3-9,12,21H,10H2,1-2H3,(H,20,22)/t12-/m1/s1. The van der Waals surface area contributed by atoms with Crippen LogP contribution in [0.1, 0.15) is 28.4 Å². The number of aromatic hydroxyl groups is 1. The van der Waals surface area contributed by atoms with Gasteiger partial charge in [0, 0.05) is 6.54 Å². The third-order valence-corrected chi connectivity index (χ3v) is 3.41. The molecule has 1 amide bonds. The molecule has 0 aliphatic heterocycles. The molecule has 0 bridgehead atoms. The minimum atomic E-state index is -1.03. The number of benzene rings is 2. The molecule has 0 saturated heterocycles. The molecule has 2 aromatic rings. The van der Waals surface area contributed by atoms with Crippen LogP contribution in [0.15, 0.2) is 42.5 Å². The number of ether oxygens (including phenoxy) is 1. The highest BCUT2D eigenvalue weighted by Gasteiger charge is 2.20. The third kappa shape index (κ3) is 4.55. The normalized spacial score (nSPS) is 11.6. The maximum absolute atomic E-state index is 12.8. The number of carbonyl (C=O) groups is 2. The first kappa shape index (κ1) is 17.5. The third-order valence-electron chi connectivity index (χ3n) is 3.41. The van der Waals surface area contributed by atoms with Crippen molar-refractivity contribution in [2.75, 3.05) is 0 Å². The van der Waals surface area contributed by atoms with Gasteiger partial charge in [-0.2, -0.15) is 0 Å². The summed E-state index contributed by atoms with van der Waals surface area (Å²) < 4.78 is 17.9. The molecule has 24 heavy (non-hydrogen) atoms. The van der Waals surface area contributed by atoms with E-state index in [0.717, 1.165) is 11.1 Å². The van der Waals surface area contributed by atoms with E-state index in [4.69, 9.17) is 4.74 Å². The second kappa shape index (κ2) is 7.59. The fourth-order valence-corrected chi connectivity index (χ4v) is 2.03. The van der Waals surface area contributed by atoms with Crippen LogP contribution in [0, 0.1) is 12.7 Å². The van der Waals surface area contributed by atoms with Crippen LogP contribution in [0.3, 0.4) is 0 Å². The smallest absolute Gasteiger partial charge is 0.342 e. The zero-order valence-electron chi connectivity index (χ0n) is 13.4. The van der Waals surface area contributed by atoms with Gasteiger partial charge in [0.15, 0.2) is 6.10 Å². The van der Waals surface area contributed by atoms with Gasteiger partial charge < -0.3 is 15.2 Å². The summed E-state index contributed by atoms with van der Waals surface area (Å²) in [6, 6.07) is 10.2. The van der Waals surface area contributed by atoms with Gasteiger partial charge in [-0.15, -0.1) is 0 Å². The summed E-state index contributed by atoms with van der Waals surface area (Å²) in [4.78, 5) is 24.0. The van der Waals surface area contributed by atoms with Gasteiger partial charge in [0.05, 0.1) is 0 Å². The molecule has 5 nitrogen and oxygen atoms in total. The molecule has 0 aliphatic rings. The van der Waals surface area contributed by atoms with E-state index >= 15 is 0 Å². The number of hydrogen-bond acceptors (Lipinski definition) is 4. The molecule has 6 heteroatoms. The van der Waals surface area contributed by atoms with Crippen molar-refractivity contribution in [2.45, 2.75) is 26.5 Å². The zero-order chi connectivity index (χ0) is 17.7. The number of phenols is 1. The number of hydrogen-bond donors (Lipinski definition) is 2. The highest BCUT2D eigenvalue weighted by Crippen LogP contribution is 2.19. The molecule has 0 radical (unpaired) electrons. The topological polar surface area (TPSA) is 75.6 Å². The van der Waals surface area contributed by atoms with Gasteiger partial charge >= 0.3 is 5.97 Å². The molecule has 0 spiro atoms. The van der Waals surface area contributed by atoms with Crippen LogP contribution in [0.5, 0.6) is 5.75 Å². The van der Waals surface area contributed by atoms with Crippen LogP contribution in [-0.2, 0) is 16.1 Å². The SMILES string of the molecule is Cc1ccc(O)c(C(=O)O[C@H](C)C(=O)NCc2ccc(F)cc2)c1. The lowest BCUT2D eigenvalue weighted by atomic mass is 10.1. The van der Waals surface area contributed by atoms with Crippen LogP contribution in [-0.4, -0.2) is 23.1 Å². The quantitative estimate of drug-likeness (QED) is 0.826. The first-order valence-corrected chi connectivity index (χ1v) is 7.39. The fraction of sp³-hybridized carbons (Fsp3) is 0.222. The van der Waals surface area contributed by atoms with E-state index in [2.05, 4.69) is 5.32 Å². The summed E-state index contributed by atoms with van der Waals surface area (Å²) in [6.07, 6.45) is -1.03. The minimum absolute atomic E-state index is 0.00758. The second-order valence-corrected chi connectivity index (χ2v) is 5.41. The molecule has 2 rings (SSSR count). The number of carbonyl (C=O) groups excluding carboxylic acids is 2. The van der Waals surface area contributed by atoms with Crippen molar-refractivity contribution in [1.29, 1.82) is 0 Å². The van der Waals surface area contributed by atoms with Crippen LogP contribution < -0.4 is 5.32 Å². The Hall–Kier alpha value is -2.89. The first-order valence-electron chi connectivity index (χ1n) is 7.39. The van der Waals surface area contributed by atoms with E-state index in [9.17, 15) is 19.1 Å². The number of amides is 1. The van der Waals surface area contributed by atoms with E-state index in [-0.39, 0.29) is 23.7 Å². The Kier molecular flexibility index (Phi) is 5.52. The highest BCUT2D eigenvalue weighted by atomic mass is 19.1. The molecular formula is C18H18FNO4. The molecule has 2 aromatic carbocycles. The van der Waals surface area contributed by atoms with E-state index < -0.39 is 18.0 Å². The number of rotatable bonds is 5. The summed E-state index contributed by atoms with van der Waals surface area (Å²) in [5, 5.41) is 12.3. The summed E-state index contributed by atoms with van der Waals surface area (Å²) in [5.74, 6) is -1.82. The number of aryl methyl sites for hydroxylation is 1. The predicted molar refractivity (Wildman–Crippen MR) is 86.0 cm³/mol. The Bertz CT molecular complexity index is 743. The van der Waals surface area contributed by atoms with E-state index in [0.29, 0.717) is 0 Å². The van der Waals surface area contributed by atoms with Crippen LogP contribution >= 0.6 is 0 Å². The molecule has 0 unspecified atom stereocenters. The zero-order valence-corrected chi connectivity index (χ0v) is 13.4. The van der Waals surface area contributed by atoms with Gasteiger partial charge in [0.25, 0.3) is 5.91 Å². The lowest BCUT2D eigenvalue weighted by molar-refractivity contribution is -0.129. The summed E-state index contributed by atoms with van der Waals surface area (Å²) in [7, 11) is 0. The Balaban J connectivity index is 1.92. The van der Waals surface area contributed by atoms with E-state index in [1.54, 1.807) is 25.1 Å². The maximum atomic E-state index is 12.8. The molecule has 0 aromatic heterocycles. The number of halogens is 1. The molecule has 1 atom stereocenters. The second-order valence-electron chi connectivity index (χ2n) is 5.41. The van der Waals surface area contributed by atoms with Crippen molar-refractivity contribution in [1.82, 2.24) is 5.32 Å². The summed E-state index contributed by atoms with van der Waals surface area (Å²) >= 11 is 0. The number of nitrogens with one attached hydrogen (secondary N) is 1. The molecule has 2 N–H and O–H groups in total. The fourth-order valence-electron chi connectivity index (χ4n) is 2.03. The Labute approximate surface area is 139 Å². The molecule has 0 fully saturated rings. The largest absolute Gasteiger partial charge is 0.507 e. The van der Waals surface area contributed by atoms with Crippen LogP contribution in [0.25, 0.3) is 0 Å². The van der Waals surface area contributed by atoms with Gasteiger partial charge in [-0.05, 0) is 43.7 Å². The van der Waals surface area contributed by atoms with Gasteiger partial charge in [0.1, 0.15) is 17.1 Å². The van der Waals surface area contributed by atoms with Gasteiger partial charge in [0.2, 0.25) is 0 Å².